The van der Waals surface area contributed by atoms with Crippen LogP contribution in [0.4, 0.5) is 11.6 Å². The standard InChI is InChI=1S/C27H28N6O2/c1-19(15-28)27(34)33-13-11-20(12-14-33)16-30-26-24(25(29)31-18-32-26)22-7-9-23(10-8-22)35-17-21-5-3-2-4-6-21/h2-10,18,20H,1,11-14,16-17H2,(H3,29,30,31,32). The van der Waals surface area contributed by atoms with E-state index in [0.29, 0.717) is 43.8 Å². The van der Waals surface area contributed by atoms with Gasteiger partial charge >= 0.3 is 0 Å². The Morgan fingerprint density at radius 2 is 1.86 bits per heavy atom. The molecule has 4 rings (SSSR count). The molecule has 3 N–H and O–H groups in total. The lowest BCUT2D eigenvalue weighted by Gasteiger charge is -2.32. The monoisotopic (exact) mass is 468 g/mol. The fourth-order valence-corrected chi connectivity index (χ4v) is 4.10. The molecule has 8 nitrogen and oxygen atoms in total. The largest absolute Gasteiger partial charge is 0.489 e. The number of nitrogens with two attached hydrogens (primary N) is 1. The Labute approximate surface area is 205 Å². The van der Waals surface area contributed by atoms with Gasteiger partial charge in [-0.3, -0.25) is 4.79 Å². The smallest absolute Gasteiger partial charge is 0.263 e. The van der Waals surface area contributed by atoms with Crippen LogP contribution in [0, 0.1) is 17.2 Å². The Bertz CT molecular complexity index is 1210. The van der Waals surface area contributed by atoms with Gasteiger partial charge in [-0.1, -0.05) is 49.0 Å². The number of amides is 1. The number of nitrogen functional groups attached to an aromatic ring is 1. The molecule has 0 bridgehead atoms. The average molecular weight is 469 g/mol. The number of aromatic nitrogens is 2. The third-order valence-corrected chi connectivity index (χ3v) is 6.12. The molecule has 0 aliphatic carbocycles. The summed E-state index contributed by atoms with van der Waals surface area (Å²) in [5, 5.41) is 12.3. The van der Waals surface area contributed by atoms with Gasteiger partial charge in [0.25, 0.3) is 5.91 Å². The second kappa shape index (κ2) is 11.2. The van der Waals surface area contributed by atoms with Crippen LogP contribution in [-0.2, 0) is 11.4 Å². The number of hydrogen-bond acceptors (Lipinski definition) is 7. The van der Waals surface area contributed by atoms with Gasteiger partial charge in [0, 0.05) is 19.6 Å². The average Bonchev–Trinajstić information content (AvgIpc) is 2.91. The molecule has 2 heterocycles. The quantitative estimate of drug-likeness (QED) is 0.378. The lowest BCUT2D eigenvalue weighted by atomic mass is 9.96. The zero-order valence-corrected chi connectivity index (χ0v) is 19.5. The van der Waals surface area contributed by atoms with Crippen LogP contribution in [0.5, 0.6) is 5.75 Å². The molecule has 8 heteroatoms. The number of carbonyl (C=O) groups excluding carboxylic acids is 1. The number of ether oxygens (including phenoxy) is 1. The summed E-state index contributed by atoms with van der Waals surface area (Å²) in [5.41, 5.74) is 8.96. The summed E-state index contributed by atoms with van der Waals surface area (Å²) in [6.07, 6.45) is 3.12. The van der Waals surface area contributed by atoms with Crippen molar-refractivity contribution >= 4 is 17.5 Å². The highest BCUT2D eigenvalue weighted by Gasteiger charge is 2.24. The molecule has 0 radical (unpaired) electrons. The van der Waals surface area contributed by atoms with E-state index in [1.165, 1.54) is 6.33 Å². The lowest BCUT2D eigenvalue weighted by molar-refractivity contribution is -0.127. The molecule has 178 valence electrons. The summed E-state index contributed by atoms with van der Waals surface area (Å²) in [4.78, 5) is 22.4. The highest BCUT2D eigenvalue weighted by Crippen LogP contribution is 2.32. The molecule has 1 saturated heterocycles. The molecular formula is C27H28N6O2. The first-order chi connectivity index (χ1) is 17.0. The maximum atomic E-state index is 12.1. The number of nitrogens with one attached hydrogen (secondary N) is 1. The molecule has 0 unspecified atom stereocenters. The molecule has 0 saturated carbocycles. The van der Waals surface area contributed by atoms with E-state index in [-0.39, 0.29) is 11.5 Å². The number of likely N-dealkylation sites (tertiary alicyclic amines) is 1. The first-order valence-electron chi connectivity index (χ1n) is 11.5. The van der Waals surface area contributed by atoms with E-state index in [0.717, 1.165) is 35.3 Å². The van der Waals surface area contributed by atoms with Crippen LogP contribution in [0.3, 0.4) is 0 Å². The van der Waals surface area contributed by atoms with Gasteiger partial charge in [-0.2, -0.15) is 5.26 Å². The molecule has 1 amide bonds. The van der Waals surface area contributed by atoms with Gasteiger partial charge in [-0.05, 0) is 42.0 Å². The van der Waals surface area contributed by atoms with Gasteiger partial charge in [-0.25, -0.2) is 9.97 Å². The summed E-state index contributed by atoms with van der Waals surface area (Å²) < 4.78 is 5.89. The topological polar surface area (TPSA) is 117 Å². The fourth-order valence-electron chi connectivity index (χ4n) is 4.10. The van der Waals surface area contributed by atoms with E-state index < -0.39 is 0 Å². The minimum Gasteiger partial charge on any atom is -0.489 e. The molecule has 1 aromatic heterocycles. The Kier molecular flexibility index (Phi) is 7.58. The second-order valence-corrected chi connectivity index (χ2v) is 8.49. The first-order valence-corrected chi connectivity index (χ1v) is 11.5. The van der Waals surface area contributed by atoms with Gasteiger partial charge in [-0.15, -0.1) is 0 Å². The Morgan fingerprint density at radius 1 is 1.14 bits per heavy atom. The van der Waals surface area contributed by atoms with Crippen molar-refractivity contribution in [2.45, 2.75) is 19.4 Å². The number of piperidine rings is 1. The van der Waals surface area contributed by atoms with Crippen molar-refractivity contribution in [2.24, 2.45) is 5.92 Å². The normalized spacial score (nSPS) is 13.6. The van der Waals surface area contributed by atoms with Crippen molar-refractivity contribution < 1.29 is 9.53 Å². The van der Waals surface area contributed by atoms with Crippen LogP contribution in [-0.4, -0.2) is 40.4 Å². The van der Waals surface area contributed by atoms with Gasteiger partial charge < -0.3 is 20.7 Å². The van der Waals surface area contributed by atoms with Crippen LogP contribution >= 0.6 is 0 Å². The fraction of sp³-hybridized carbons (Fsp3) is 0.259. The van der Waals surface area contributed by atoms with Gasteiger partial charge in [0.05, 0.1) is 5.56 Å². The predicted octanol–water partition coefficient (Wildman–Crippen LogP) is 4.04. The molecule has 3 aromatic rings. The zero-order valence-electron chi connectivity index (χ0n) is 19.5. The molecule has 1 aliphatic rings. The molecule has 2 aromatic carbocycles. The van der Waals surface area contributed by atoms with E-state index in [1.807, 2.05) is 60.7 Å². The maximum absolute atomic E-state index is 12.1. The van der Waals surface area contributed by atoms with E-state index in [4.69, 9.17) is 15.7 Å². The van der Waals surface area contributed by atoms with Gasteiger partial charge in [0.2, 0.25) is 0 Å². The summed E-state index contributed by atoms with van der Waals surface area (Å²) in [5.74, 6) is 1.93. The van der Waals surface area contributed by atoms with Crippen molar-refractivity contribution in [1.29, 1.82) is 5.26 Å². The number of nitrogens with zero attached hydrogens (tertiary/aromatic N) is 4. The first kappa shape index (κ1) is 23.8. The van der Waals surface area contributed by atoms with E-state index in [2.05, 4.69) is 21.9 Å². The zero-order chi connectivity index (χ0) is 24.6. The SMILES string of the molecule is C=C(C#N)C(=O)N1CCC(CNc2ncnc(N)c2-c2ccc(OCc3ccccc3)cc2)CC1. The Morgan fingerprint density at radius 3 is 2.54 bits per heavy atom. The Balaban J connectivity index is 1.37. The third kappa shape index (κ3) is 5.95. The summed E-state index contributed by atoms with van der Waals surface area (Å²) in [6.45, 7) is 5.93. The van der Waals surface area contributed by atoms with Gasteiger partial charge in [0.1, 0.15) is 42.0 Å². The van der Waals surface area contributed by atoms with Crippen LogP contribution in [0.1, 0.15) is 18.4 Å². The number of hydrogen-bond donors (Lipinski definition) is 2. The minimum absolute atomic E-state index is 0.0147. The summed E-state index contributed by atoms with van der Waals surface area (Å²) >= 11 is 0. The van der Waals surface area contributed by atoms with Crippen LogP contribution < -0.4 is 15.8 Å². The van der Waals surface area contributed by atoms with Crippen molar-refractivity contribution in [3.05, 3.63) is 78.6 Å². The number of anilines is 2. The number of benzene rings is 2. The highest BCUT2D eigenvalue weighted by molar-refractivity contribution is 5.96. The molecule has 0 atom stereocenters. The summed E-state index contributed by atoms with van der Waals surface area (Å²) in [6, 6.07) is 19.6. The van der Waals surface area contributed by atoms with Crippen molar-refractivity contribution in [3.63, 3.8) is 0 Å². The number of carbonyl (C=O) groups is 1. The number of nitriles is 1. The van der Waals surface area contributed by atoms with Crippen LogP contribution in [0.2, 0.25) is 0 Å². The van der Waals surface area contributed by atoms with E-state index in [1.54, 1.807) is 4.90 Å². The van der Waals surface area contributed by atoms with Crippen LogP contribution in [0.15, 0.2) is 73.1 Å². The molecule has 0 spiro atoms. The highest BCUT2D eigenvalue weighted by atomic mass is 16.5. The molecule has 35 heavy (non-hydrogen) atoms. The second-order valence-electron chi connectivity index (χ2n) is 8.49. The van der Waals surface area contributed by atoms with Crippen LogP contribution in [0.25, 0.3) is 11.1 Å². The molecule has 1 aliphatic heterocycles. The predicted molar refractivity (Wildman–Crippen MR) is 135 cm³/mol. The summed E-state index contributed by atoms with van der Waals surface area (Å²) in [7, 11) is 0. The minimum atomic E-state index is -0.277. The van der Waals surface area contributed by atoms with E-state index in [9.17, 15) is 4.79 Å². The lowest BCUT2D eigenvalue weighted by Crippen LogP contribution is -2.40. The Hall–Kier alpha value is -4.38. The van der Waals surface area contributed by atoms with Crippen molar-refractivity contribution in [2.75, 3.05) is 30.7 Å². The van der Waals surface area contributed by atoms with E-state index >= 15 is 0 Å². The van der Waals surface area contributed by atoms with Crippen molar-refractivity contribution in [1.82, 2.24) is 14.9 Å². The molecule has 1 fully saturated rings. The maximum Gasteiger partial charge on any atom is 0.263 e. The third-order valence-electron chi connectivity index (χ3n) is 6.12. The molecular weight excluding hydrogens is 440 g/mol. The van der Waals surface area contributed by atoms with Crippen molar-refractivity contribution in [3.8, 4) is 22.9 Å². The number of rotatable bonds is 8. The van der Waals surface area contributed by atoms with Gasteiger partial charge in [0.15, 0.2) is 0 Å².